The second-order valence-electron chi connectivity index (χ2n) is 36.6. The van der Waals surface area contributed by atoms with Crippen molar-refractivity contribution in [3.05, 3.63) is 245 Å². The molecule has 0 unspecified atom stereocenters. The van der Waals surface area contributed by atoms with Gasteiger partial charge in [-0.2, -0.15) is 0 Å². The molecule has 34 heteroatoms. The Morgan fingerprint density at radius 3 is 1.38 bits per heavy atom. The lowest BCUT2D eigenvalue weighted by molar-refractivity contribution is -0.385. The molecule has 4 fully saturated rings. The zero-order chi connectivity index (χ0) is 91.3. The Morgan fingerprint density at radius 2 is 0.953 bits per heavy atom. The number of nitro benzene ring substituents is 2. The Balaban J connectivity index is 0.000000198. The number of H-pyrrole nitrogens is 2. The van der Waals surface area contributed by atoms with Crippen LogP contribution in [0.5, 0.6) is 23.0 Å². The van der Waals surface area contributed by atoms with Crippen LogP contribution < -0.4 is 28.7 Å². The van der Waals surface area contributed by atoms with E-state index in [-0.39, 0.29) is 50.7 Å². The fraction of sp³-hybridized carbons (Fsp3) is 0.389. The number of halogens is 2. The van der Waals surface area contributed by atoms with Crippen molar-refractivity contribution in [3.8, 4) is 23.0 Å². The van der Waals surface area contributed by atoms with Crippen LogP contribution in [0.4, 0.5) is 22.7 Å². The maximum atomic E-state index is 14.0. The van der Waals surface area contributed by atoms with Gasteiger partial charge in [-0.3, -0.25) is 49.2 Å². The van der Waals surface area contributed by atoms with E-state index in [9.17, 15) is 46.7 Å². The van der Waals surface area contributed by atoms with Crippen LogP contribution in [0.2, 0.25) is 10.0 Å². The number of fused-ring (bicyclic) bond motifs is 2. The van der Waals surface area contributed by atoms with Gasteiger partial charge in [0.1, 0.15) is 34.3 Å². The molecular formula is C95H112Cl2N16O12S4. The van der Waals surface area contributed by atoms with Crippen molar-refractivity contribution in [2.75, 3.05) is 138 Å². The van der Waals surface area contributed by atoms with Crippen LogP contribution in [-0.2, 0) is 51.7 Å². The molecule has 682 valence electrons. The molecule has 4 aliphatic heterocycles. The molecule has 6 N–H and O–H groups in total. The summed E-state index contributed by atoms with van der Waals surface area (Å²) < 4.78 is 88.6. The number of carbonyl (C=O) groups is 2. The van der Waals surface area contributed by atoms with Crippen LogP contribution in [-0.4, -0.2) is 218 Å². The number of carbonyl (C=O) groups excluding carboxylic acids is 2. The summed E-state index contributed by atoms with van der Waals surface area (Å²) in [4.78, 5) is 79.4. The molecule has 10 aromatic rings. The molecule has 6 aromatic carbocycles. The van der Waals surface area contributed by atoms with Gasteiger partial charge < -0.3 is 39.0 Å². The van der Waals surface area contributed by atoms with Crippen LogP contribution >= 0.6 is 23.2 Å². The molecule has 0 radical (unpaired) electrons. The van der Waals surface area contributed by atoms with E-state index in [1.54, 1.807) is 60.9 Å². The first-order chi connectivity index (χ1) is 61.4. The summed E-state index contributed by atoms with van der Waals surface area (Å²) in [6.07, 6.45) is 14.3. The number of sulfonamides is 2. The first kappa shape index (κ1) is 93.2. The van der Waals surface area contributed by atoms with Gasteiger partial charge in [-0.1, -0.05) is 117 Å². The summed E-state index contributed by atoms with van der Waals surface area (Å²) in [5.41, 5.74) is 11.7. The third kappa shape index (κ3) is 23.6. The summed E-state index contributed by atoms with van der Waals surface area (Å²) in [5.74, 6) is 10.1. The molecule has 1 atom stereocenters. The van der Waals surface area contributed by atoms with Crippen molar-refractivity contribution in [1.29, 1.82) is 9.56 Å². The number of aryl methyl sites for hydroxylation is 1. The average Bonchev–Trinajstić information content (AvgIpc) is 1.36. The first-order valence-electron chi connectivity index (χ1n) is 43.7. The molecule has 2 amide bonds. The highest BCUT2D eigenvalue weighted by atomic mass is 35.5. The number of rotatable bonds is 28. The third-order valence-corrected chi connectivity index (χ3v) is 32.5. The van der Waals surface area contributed by atoms with E-state index in [0.29, 0.717) is 66.3 Å². The number of nitrogens with one attached hydrogen (secondary N) is 6. The number of allylic oxidation sites excluding steroid dienone is 2. The van der Waals surface area contributed by atoms with Gasteiger partial charge in [0.15, 0.2) is 0 Å². The zero-order valence-electron chi connectivity index (χ0n) is 73.4. The van der Waals surface area contributed by atoms with E-state index in [1.807, 2.05) is 43.3 Å². The highest BCUT2D eigenvalue weighted by Crippen LogP contribution is 2.46. The molecule has 16 rings (SSSR count). The van der Waals surface area contributed by atoms with Crippen molar-refractivity contribution in [3.63, 3.8) is 0 Å². The number of aromatic amines is 2. The molecule has 0 spiro atoms. The lowest BCUT2D eigenvalue weighted by Crippen LogP contribution is -2.47. The van der Waals surface area contributed by atoms with Gasteiger partial charge in [0.2, 0.25) is 0 Å². The van der Waals surface area contributed by atoms with Gasteiger partial charge in [-0.05, 0) is 188 Å². The largest absolute Gasteiger partial charge is 0.455 e. The number of anilines is 2. The molecule has 0 bridgehead atoms. The van der Waals surface area contributed by atoms with Gasteiger partial charge >= 0.3 is 0 Å². The van der Waals surface area contributed by atoms with E-state index in [0.717, 1.165) is 197 Å². The van der Waals surface area contributed by atoms with Crippen LogP contribution in [0.1, 0.15) is 123 Å². The number of benzene rings is 6. The van der Waals surface area contributed by atoms with Crippen molar-refractivity contribution < 1.29 is 45.7 Å². The number of ether oxygens (including phenoxy) is 2. The summed E-state index contributed by atoms with van der Waals surface area (Å²) in [6.45, 7) is 23.8. The normalized spacial score (nSPS) is 18.5. The molecule has 8 heterocycles. The van der Waals surface area contributed by atoms with E-state index < -0.39 is 70.3 Å². The minimum Gasteiger partial charge on any atom is -0.455 e. The van der Waals surface area contributed by atoms with E-state index >= 15 is 0 Å². The number of piperazine rings is 2. The quantitative estimate of drug-likeness (QED) is 0.0151. The van der Waals surface area contributed by atoms with Crippen LogP contribution in [0.3, 0.4) is 0 Å². The van der Waals surface area contributed by atoms with Crippen molar-refractivity contribution >= 4 is 142 Å². The average molecular weight is 1870 g/mol. The minimum absolute atomic E-state index is 0.0334. The first-order valence-corrected chi connectivity index (χ1v) is 51.7. The predicted molar refractivity (Wildman–Crippen MR) is 518 cm³/mol. The highest BCUT2D eigenvalue weighted by Gasteiger charge is 2.35. The summed E-state index contributed by atoms with van der Waals surface area (Å²) in [5, 5.41) is 27.5. The van der Waals surface area contributed by atoms with E-state index in [1.165, 1.54) is 70.1 Å². The van der Waals surface area contributed by atoms with Crippen molar-refractivity contribution in [2.24, 2.45) is 16.7 Å². The number of pyridine rings is 2. The third-order valence-electron chi connectivity index (χ3n) is 25.5. The number of amides is 2. The van der Waals surface area contributed by atoms with Crippen molar-refractivity contribution in [2.45, 2.75) is 102 Å². The Labute approximate surface area is 765 Å². The van der Waals surface area contributed by atoms with E-state index in [2.05, 4.69) is 122 Å². The van der Waals surface area contributed by atoms with Crippen LogP contribution in [0.25, 0.3) is 33.2 Å². The van der Waals surface area contributed by atoms with Crippen LogP contribution in [0.15, 0.2) is 191 Å². The summed E-state index contributed by atoms with van der Waals surface area (Å²) in [7, 11) is -12.2. The minimum atomic E-state index is -4.56. The smallest absolute Gasteiger partial charge is 0.273 e. The maximum absolute atomic E-state index is 14.0. The second kappa shape index (κ2) is 39.3. The number of hydrogen-bond donors (Lipinski definition) is 6. The summed E-state index contributed by atoms with van der Waals surface area (Å²) in [6, 6.07) is 41.3. The fourth-order valence-corrected chi connectivity index (χ4v) is 23.1. The van der Waals surface area contributed by atoms with Gasteiger partial charge in [-0.15, -0.1) is 18.8 Å². The Hall–Kier alpha value is -10.5. The second-order valence-corrected chi connectivity index (χ2v) is 46.6. The number of hydrogen-bond acceptors (Lipinski definition) is 22. The molecule has 129 heavy (non-hydrogen) atoms. The lowest BCUT2D eigenvalue weighted by atomic mass is 9.72. The standard InChI is InChI=1S/C48H57ClN8O6S2.C47H55ClN8O6S2/c1-33(31-55-21-23-64(4,50)24-22-55)25-35-7-11-41(28-44(35)57(59)60)65(61,62)53-47(58)42-12-10-39(27-45(42)63-40-26-36-14-16-51-46(36)52-30-40)56-19-17-54(18-20-56)32-37-13-15-48(2,3)29-43(37)34-5-8-38(49)9-6-34;1-47(2)16-14-36(42(30-47)33-6-9-37(48)10-7-33)32-54-19-21-55(22-20-54)38-11-13-41(44(28-38)62-39-27-35-15-17-50-45(35)51-31-39)46(57)52-64(60,61)40-12-8-34(43(29-40)56(58)59)5-4-18-53-23-25-63(3,49)26-24-53/h5-12,14,16,26-28,30,33,50H,4,13,15,17-25,29,31-32H2,1-3H3,(H,51,52)(H,53,58);6-13,15,17,27-29,31,49H,3-5,14,16,18-26,30,32H2,1-2H3,(H,50,51)(H,52,57)/t33-;/m1./s1. The number of nitro groups is 2. The Kier molecular flexibility index (Phi) is 28.4. The molecule has 4 saturated heterocycles. The topological polar surface area (TPSA) is 356 Å². The summed E-state index contributed by atoms with van der Waals surface area (Å²) >= 11 is 12.5. The monoisotopic (exact) mass is 1870 g/mol. The lowest BCUT2D eigenvalue weighted by Gasteiger charge is -2.39. The molecule has 6 aliphatic rings. The van der Waals surface area contributed by atoms with Crippen LogP contribution in [0, 0.1) is 46.5 Å². The SMILES string of the molecule is C=S1(=N)CCN(CCCc2ccc(S(=O)(=O)NC(=O)c3ccc(N4CCN(CC5=C(c6ccc(Cl)cc6)CC(C)(C)CC5)CC4)cc3Oc3cnc4[nH]ccc4c3)cc2[N+](=O)[O-])CC1.C=S1(=N)CCN(C[C@H](C)Cc2ccc(S(=O)(=O)NC(=O)c3ccc(N4CCN(CC5=C(c6ccc(Cl)cc6)CC(C)(C)CC5)CC4)cc3Oc3cnc4[nH]ccc4c3)cc2[N+](=O)[O-])CC1. The van der Waals surface area contributed by atoms with Gasteiger partial charge in [0.05, 0.1) is 43.2 Å². The van der Waals surface area contributed by atoms with Gasteiger partial charge in [0, 0.05) is 201 Å². The molecule has 2 aliphatic carbocycles. The van der Waals surface area contributed by atoms with Crippen molar-refractivity contribution in [1.82, 2.24) is 49.0 Å². The van der Waals surface area contributed by atoms with E-state index in [4.69, 9.17) is 42.2 Å². The fourth-order valence-electron chi connectivity index (χ4n) is 18.0. The Morgan fingerprint density at radius 1 is 0.543 bits per heavy atom. The van der Waals surface area contributed by atoms with Gasteiger partial charge in [-0.25, -0.2) is 36.2 Å². The zero-order valence-corrected chi connectivity index (χ0v) is 78.2. The predicted octanol–water partition coefficient (Wildman–Crippen LogP) is 17.1. The highest BCUT2D eigenvalue weighted by molar-refractivity contribution is 8.01. The Bertz CT molecular complexity index is 6420. The van der Waals surface area contributed by atoms with Gasteiger partial charge in [0.25, 0.3) is 43.2 Å². The molecule has 28 nitrogen and oxygen atoms in total. The molecular weight excluding hydrogens is 1760 g/mol. The number of nitrogens with zero attached hydrogens (tertiary/aromatic N) is 10. The maximum Gasteiger partial charge on any atom is 0.273 e. The number of aromatic nitrogens is 4. The molecule has 0 saturated carbocycles. The molecule has 4 aromatic heterocycles.